The molecule has 2 aromatic heterocycles. The molecule has 6 nitrogen and oxygen atoms in total. The van der Waals surface area contributed by atoms with Crippen molar-refractivity contribution in [2.45, 2.75) is 45.4 Å². The fraction of sp³-hybridized carbons (Fsp3) is 0.526. The molecular formula is C19H26N4O2. The second-order valence-electron chi connectivity index (χ2n) is 6.71. The summed E-state index contributed by atoms with van der Waals surface area (Å²) in [5, 5.41) is 7.04. The van der Waals surface area contributed by atoms with Gasteiger partial charge in [-0.2, -0.15) is 0 Å². The maximum Gasteiger partial charge on any atom is 0.222 e. The van der Waals surface area contributed by atoms with E-state index < -0.39 is 0 Å². The Labute approximate surface area is 148 Å². The molecule has 0 saturated carbocycles. The highest BCUT2D eigenvalue weighted by Gasteiger charge is 2.25. The maximum absolute atomic E-state index is 12.7. The summed E-state index contributed by atoms with van der Waals surface area (Å²) in [5.74, 6) is 2.29. The average molecular weight is 342 g/mol. The first-order chi connectivity index (χ1) is 12.1. The molecule has 0 unspecified atom stereocenters. The van der Waals surface area contributed by atoms with Crippen LogP contribution in [0.1, 0.15) is 47.8 Å². The fourth-order valence-electron chi connectivity index (χ4n) is 3.56. The lowest BCUT2D eigenvalue weighted by atomic mass is 9.91. The summed E-state index contributed by atoms with van der Waals surface area (Å²) < 4.78 is 5.18. The van der Waals surface area contributed by atoms with Crippen LogP contribution in [0.2, 0.25) is 0 Å². The maximum atomic E-state index is 12.7. The first kappa shape index (κ1) is 17.5. The van der Waals surface area contributed by atoms with E-state index in [-0.39, 0.29) is 5.91 Å². The zero-order valence-corrected chi connectivity index (χ0v) is 15.2. The molecular weight excluding hydrogens is 316 g/mol. The lowest BCUT2D eigenvalue weighted by Gasteiger charge is -2.33. The Kier molecular flexibility index (Phi) is 5.36. The minimum Gasteiger partial charge on any atom is -0.373 e. The molecule has 1 saturated heterocycles. The van der Waals surface area contributed by atoms with Crippen molar-refractivity contribution in [2.75, 3.05) is 25.5 Å². The van der Waals surface area contributed by atoms with Gasteiger partial charge in [0.25, 0.3) is 0 Å². The Morgan fingerprint density at radius 2 is 2.28 bits per heavy atom. The van der Waals surface area contributed by atoms with Crippen LogP contribution in [0.5, 0.6) is 0 Å². The number of pyridine rings is 1. The molecule has 1 N–H and O–H groups in total. The summed E-state index contributed by atoms with van der Waals surface area (Å²) in [6, 6.07) is 4.14. The van der Waals surface area contributed by atoms with E-state index in [1.165, 1.54) is 5.56 Å². The fourth-order valence-corrected chi connectivity index (χ4v) is 3.56. The minimum atomic E-state index is 0.215. The van der Waals surface area contributed by atoms with Crippen molar-refractivity contribution in [3.8, 4) is 0 Å². The highest BCUT2D eigenvalue weighted by Crippen LogP contribution is 2.28. The number of carbonyl (C=O) groups is 1. The molecule has 1 atom stereocenters. The van der Waals surface area contributed by atoms with Gasteiger partial charge in [0, 0.05) is 44.2 Å². The SMILES string of the molecule is CNc1cc([C@H]2CCCN(C(=O)CCc3c(C)noc3C)C2)ccn1. The van der Waals surface area contributed by atoms with E-state index in [0.29, 0.717) is 18.8 Å². The van der Waals surface area contributed by atoms with Gasteiger partial charge >= 0.3 is 0 Å². The van der Waals surface area contributed by atoms with Gasteiger partial charge < -0.3 is 14.7 Å². The molecule has 1 aliphatic heterocycles. The molecule has 0 aromatic carbocycles. The average Bonchev–Trinajstić information content (AvgIpc) is 2.97. The smallest absolute Gasteiger partial charge is 0.222 e. The van der Waals surface area contributed by atoms with E-state index in [9.17, 15) is 4.79 Å². The van der Waals surface area contributed by atoms with Crippen molar-refractivity contribution in [3.05, 3.63) is 40.9 Å². The number of anilines is 1. The zero-order chi connectivity index (χ0) is 17.8. The van der Waals surface area contributed by atoms with Crippen LogP contribution >= 0.6 is 0 Å². The second kappa shape index (κ2) is 7.68. The van der Waals surface area contributed by atoms with Crippen LogP contribution in [0.25, 0.3) is 0 Å². The zero-order valence-electron chi connectivity index (χ0n) is 15.2. The number of nitrogens with one attached hydrogen (secondary N) is 1. The Morgan fingerprint density at radius 3 is 3.00 bits per heavy atom. The predicted molar refractivity (Wildman–Crippen MR) is 96.6 cm³/mol. The van der Waals surface area contributed by atoms with Crippen molar-refractivity contribution in [3.63, 3.8) is 0 Å². The van der Waals surface area contributed by atoms with Crippen LogP contribution in [-0.4, -0.2) is 41.1 Å². The number of rotatable bonds is 5. The van der Waals surface area contributed by atoms with Gasteiger partial charge in [0.2, 0.25) is 5.91 Å². The van der Waals surface area contributed by atoms with E-state index in [1.54, 1.807) is 0 Å². The molecule has 6 heteroatoms. The molecule has 1 aliphatic rings. The molecule has 134 valence electrons. The van der Waals surface area contributed by atoms with Crippen molar-refractivity contribution >= 4 is 11.7 Å². The third-order valence-corrected chi connectivity index (χ3v) is 5.06. The highest BCUT2D eigenvalue weighted by atomic mass is 16.5. The lowest BCUT2D eigenvalue weighted by Crippen LogP contribution is -2.39. The van der Waals surface area contributed by atoms with Gasteiger partial charge in [0.05, 0.1) is 5.69 Å². The molecule has 0 aliphatic carbocycles. The van der Waals surface area contributed by atoms with Gasteiger partial charge in [0.15, 0.2) is 0 Å². The van der Waals surface area contributed by atoms with Crippen molar-refractivity contribution in [1.82, 2.24) is 15.0 Å². The minimum absolute atomic E-state index is 0.215. The van der Waals surface area contributed by atoms with E-state index >= 15 is 0 Å². The third kappa shape index (κ3) is 4.00. The Bertz CT molecular complexity index is 721. The van der Waals surface area contributed by atoms with Crippen molar-refractivity contribution in [1.29, 1.82) is 0 Å². The molecule has 25 heavy (non-hydrogen) atoms. The molecule has 2 aromatic rings. The number of hydrogen-bond donors (Lipinski definition) is 1. The summed E-state index contributed by atoms with van der Waals surface area (Å²) >= 11 is 0. The number of carbonyl (C=O) groups excluding carboxylic acids is 1. The first-order valence-electron chi connectivity index (χ1n) is 8.91. The molecule has 3 heterocycles. The monoisotopic (exact) mass is 342 g/mol. The number of aryl methyl sites for hydroxylation is 2. The first-order valence-corrected chi connectivity index (χ1v) is 8.91. The van der Waals surface area contributed by atoms with Gasteiger partial charge in [-0.1, -0.05) is 5.16 Å². The number of amides is 1. The third-order valence-electron chi connectivity index (χ3n) is 5.06. The van der Waals surface area contributed by atoms with Gasteiger partial charge in [-0.05, 0) is 50.8 Å². The molecule has 0 radical (unpaired) electrons. The van der Waals surface area contributed by atoms with E-state index in [2.05, 4.69) is 27.6 Å². The molecule has 1 amide bonds. The number of nitrogens with zero attached hydrogens (tertiary/aromatic N) is 3. The van der Waals surface area contributed by atoms with E-state index in [4.69, 9.17) is 4.52 Å². The Morgan fingerprint density at radius 1 is 1.44 bits per heavy atom. The van der Waals surface area contributed by atoms with Crippen LogP contribution in [0.3, 0.4) is 0 Å². The van der Waals surface area contributed by atoms with Gasteiger partial charge in [-0.15, -0.1) is 0 Å². The van der Waals surface area contributed by atoms with Crippen molar-refractivity contribution < 1.29 is 9.32 Å². The number of likely N-dealkylation sites (tertiary alicyclic amines) is 1. The van der Waals surface area contributed by atoms with Crippen LogP contribution in [0, 0.1) is 13.8 Å². The van der Waals surface area contributed by atoms with Gasteiger partial charge in [-0.3, -0.25) is 4.79 Å². The van der Waals surface area contributed by atoms with Crippen LogP contribution in [0.15, 0.2) is 22.9 Å². The predicted octanol–water partition coefficient (Wildman–Crippen LogP) is 3.07. The van der Waals surface area contributed by atoms with Crippen molar-refractivity contribution in [2.24, 2.45) is 0 Å². The molecule has 0 spiro atoms. The largest absolute Gasteiger partial charge is 0.373 e. The summed E-state index contributed by atoms with van der Waals surface area (Å²) in [4.78, 5) is 18.9. The van der Waals surface area contributed by atoms with Gasteiger partial charge in [-0.25, -0.2) is 4.98 Å². The molecule has 0 bridgehead atoms. The summed E-state index contributed by atoms with van der Waals surface area (Å²) in [5.41, 5.74) is 3.20. The Balaban J connectivity index is 1.61. The second-order valence-corrected chi connectivity index (χ2v) is 6.71. The lowest BCUT2D eigenvalue weighted by molar-refractivity contribution is -0.132. The van der Waals surface area contributed by atoms with Crippen LogP contribution < -0.4 is 5.32 Å². The van der Waals surface area contributed by atoms with Crippen LogP contribution in [0.4, 0.5) is 5.82 Å². The van der Waals surface area contributed by atoms with Gasteiger partial charge in [0.1, 0.15) is 11.6 Å². The topological polar surface area (TPSA) is 71.3 Å². The standard InChI is InChI=1S/C19H26N4O2/c1-13-17(14(2)25-22-13)6-7-19(24)23-10-4-5-16(12-23)15-8-9-21-18(11-15)20-3/h8-9,11,16H,4-7,10,12H2,1-3H3,(H,20,21)/t16-/m0/s1. The molecule has 3 rings (SSSR count). The number of hydrogen-bond acceptors (Lipinski definition) is 5. The number of aromatic nitrogens is 2. The summed E-state index contributed by atoms with van der Waals surface area (Å²) in [6.07, 6.45) is 5.19. The number of piperidine rings is 1. The normalized spacial score (nSPS) is 17.6. The molecule has 1 fully saturated rings. The van der Waals surface area contributed by atoms with E-state index in [1.807, 2.05) is 32.0 Å². The highest BCUT2D eigenvalue weighted by molar-refractivity contribution is 5.76. The quantitative estimate of drug-likeness (QED) is 0.904. The summed E-state index contributed by atoms with van der Waals surface area (Å²) in [7, 11) is 1.87. The summed E-state index contributed by atoms with van der Waals surface area (Å²) in [6.45, 7) is 5.46. The van der Waals surface area contributed by atoms with Crippen LogP contribution in [-0.2, 0) is 11.2 Å². The van der Waals surface area contributed by atoms with E-state index in [0.717, 1.165) is 48.8 Å². The Hall–Kier alpha value is -2.37.